The lowest BCUT2D eigenvalue weighted by Gasteiger charge is -1.99. The molecular weight excluding hydrogens is 188 g/mol. The predicted molar refractivity (Wildman–Crippen MR) is 58.6 cm³/mol. The Bertz CT molecular complexity index is 628. The number of imidazole rings is 1. The number of aromatic nitrogens is 2. The van der Waals surface area contributed by atoms with E-state index < -0.39 is 0 Å². The molecule has 0 aliphatic rings. The lowest BCUT2D eigenvalue weighted by molar-refractivity contribution is 0.277. The molecule has 0 saturated heterocycles. The molecule has 0 bridgehead atoms. The second kappa shape index (κ2) is 3.07. The van der Waals surface area contributed by atoms with E-state index in [1.54, 1.807) is 0 Å². The molecule has 0 aliphatic carbocycles. The second-order valence-corrected chi connectivity index (χ2v) is 3.51. The highest BCUT2D eigenvalue weighted by molar-refractivity contribution is 5.81. The number of nitrogens with zero attached hydrogens (tertiary/aromatic N) is 2. The topological polar surface area (TPSA) is 37.5 Å². The van der Waals surface area contributed by atoms with Gasteiger partial charge in [-0.3, -0.25) is 4.40 Å². The van der Waals surface area contributed by atoms with Crippen molar-refractivity contribution in [2.45, 2.75) is 6.61 Å². The van der Waals surface area contributed by atoms with E-state index in [2.05, 4.69) is 11.1 Å². The SMILES string of the molecule is OCc1cn2c(ccc3ccccc32)n1. The van der Waals surface area contributed by atoms with Crippen LogP contribution in [0.1, 0.15) is 5.69 Å². The summed E-state index contributed by atoms with van der Waals surface area (Å²) in [6.45, 7) is -0.0179. The number of hydrogen-bond donors (Lipinski definition) is 1. The quantitative estimate of drug-likeness (QED) is 0.649. The number of benzene rings is 1. The van der Waals surface area contributed by atoms with Gasteiger partial charge in [0.1, 0.15) is 5.65 Å². The number of para-hydroxylation sites is 1. The zero-order valence-electron chi connectivity index (χ0n) is 8.09. The molecule has 0 saturated carbocycles. The van der Waals surface area contributed by atoms with Crippen molar-refractivity contribution in [2.24, 2.45) is 0 Å². The van der Waals surface area contributed by atoms with Crippen molar-refractivity contribution in [1.29, 1.82) is 0 Å². The van der Waals surface area contributed by atoms with Gasteiger partial charge in [0.05, 0.1) is 17.8 Å². The molecular formula is C12H10N2O. The first-order valence-electron chi connectivity index (χ1n) is 4.85. The Kier molecular flexibility index (Phi) is 1.73. The highest BCUT2D eigenvalue weighted by Crippen LogP contribution is 2.16. The summed E-state index contributed by atoms with van der Waals surface area (Å²) < 4.78 is 2.00. The molecule has 0 aliphatic heterocycles. The van der Waals surface area contributed by atoms with Crippen LogP contribution in [0.5, 0.6) is 0 Å². The molecule has 0 radical (unpaired) electrons. The van der Waals surface area contributed by atoms with Crippen LogP contribution >= 0.6 is 0 Å². The zero-order chi connectivity index (χ0) is 10.3. The zero-order valence-corrected chi connectivity index (χ0v) is 8.09. The van der Waals surface area contributed by atoms with Gasteiger partial charge in [-0.05, 0) is 23.6 Å². The van der Waals surface area contributed by atoms with Gasteiger partial charge in [-0.15, -0.1) is 0 Å². The molecule has 1 N–H and O–H groups in total. The van der Waals surface area contributed by atoms with Crippen molar-refractivity contribution in [1.82, 2.24) is 9.38 Å². The molecule has 3 heteroatoms. The Labute approximate surface area is 86.6 Å². The average molecular weight is 198 g/mol. The van der Waals surface area contributed by atoms with Crippen molar-refractivity contribution in [3.8, 4) is 0 Å². The van der Waals surface area contributed by atoms with Crippen LogP contribution in [0.25, 0.3) is 16.6 Å². The van der Waals surface area contributed by atoms with E-state index in [9.17, 15) is 0 Å². The fraction of sp³-hybridized carbons (Fsp3) is 0.0833. The summed E-state index contributed by atoms with van der Waals surface area (Å²) in [7, 11) is 0. The highest BCUT2D eigenvalue weighted by atomic mass is 16.3. The number of hydrogen-bond acceptors (Lipinski definition) is 2. The molecule has 2 heterocycles. The van der Waals surface area contributed by atoms with Gasteiger partial charge in [0.25, 0.3) is 0 Å². The lowest BCUT2D eigenvalue weighted by Crippen LogP contribution is -1.85. The van der Waals surface area contributed by atoms with Gasteiger partial charge in [-0.25, -0.2) is 4.98 Å². The third-order valence-corrected chi connectivity index (χ3v) is 2.55. The summed E-state index contributed by atoms with van der Waals surface area (Å²) in [6, 6.07) is 12.1. The Hall–Kier alpha value is -1.87. The molecule has 0 amide bonds. The second-order valence-electron chi connectivity index (χ2n) is 3.51. The van der Waals surface area contributed by atoms with E-state index in [0.29, 0.717) is 5.69 Å². The maximum atomic E-state index is 9.03. The maximum Gasteiger partial charge on any atom is 0.137 e. The van der Waals surface area contributed by atoms with Crippen LogP contribution in [0.3, 0.4) is 0 Å². The van der Waals surface area contributed by atoms with Crippen LogP contribution in [-0.4, -0.2) is 14.5 Å². The third-order valence-electron chi connectivity index (χ3n) is 2.55. The van der Waals surface area contributed by atoms with Crippen LogP contribution in [0.2, 0.25) is 0 Å². The van der Waals surface area contributed by atoms with Crippen LogP contribution in [0, 0.1) is 0 Å². The van der Waals surface area contributed by atoms with Crippen molar-refractivity contribution in [3.63, 3.8) is 0 Å². The van der Waals surface area contributed by atoms with Crippen LogP contribution in [0.15, 0.2) is 42.6 Å². The average Bonchev–Trinajstić information content (AvgIpc) is 2.72. The molecule has 3 rings (SSSR count). The molecule has 0 spiro atoms. The van der Waals surface area contributed by atoms with E-state index in [-0.39, 0.29) is 6.61 Å². The number of fused-ring (bicyclic) bond motifs is 3. The van der Waals surface area contributed by atoms with Gasteiger partial charge >= 0.3 is 0 Å². The Morgan fingerprint density at radius 2 is 2.00 bits per heavy atom. The van der Waals surface area contributed by atoms with Crippen LogP contribution in [-0.2, 0) is 6.61 Å². The Morgan fingerprint density at radius 3 is 2.87 bits per heavy atom. The summed E-state index contributed by atoms with van der Waals surface area (Å²) in [5, 5.41) is 10.2. The minimum absolute atomic E-state index is 0.0179. The standard InChI is InChI=1S/C12H10N2O/c15-8-10-7-14-11-4-2-1-3-9(11)5-6-12(14)13-10/h1-7,15H,8H2. The lowest BCUT2D eigenvalue weighted by atomic mass is 10.2. The normalized spacial score (nSPS) is 11.3. The number of rotatable bonds is 1. The first kappa shape index (κ1) is 8.44. The van der Waals surface area contributed by atoms with Gasteiger partial charge < -0.3 is 5.11 Å². The molecule has 74 valence electrons. The fourth-order valence-electron chi connectivity index (χ4n) is 1.84. The number of aliphatic hydroxyl groups excluding tert-OH is 1. The first-order chi connectivity index (χ1) is 7.38. The van der Waals surface area contributed by atoms with Gasteiger partial charge in [-0.1, -0.05) is 18.2 Å². The van der Waals surface area contributed by atoms with Gasteiger partial charge in [0, 0.05) is 6.20 Å². The molecule has 0 atom stereocenters. The summed E-state index contributed by atoms with van der Waals surface area (Å²) in [5.41, 5.74) is 2.69. The number of pyridine rings is 1. The molecule has 2 aromatic heterocycles. The largest absolute Gasteiger partial charge is 0.390 e. The van der Waals surface area contributed by atoms with E-state index >= 15 is 0 Å². The van der Waals surface area contributed by atoms with E-state index in [4.69, 9.17) is 5.11 Å². The highest BCUT2D eigenvalue weighted by Gasteiger charge is 2.02. The molecule has 0 unspecified atom stereocenters. The summed E-state index contributed by atoms with van der Waals surface area (Å²) in [4.78, 5) is 4.29. The molecule has 1 aromatic carbocycles. The molecule has 3 aromatic rings. The summed E-state index contributed by atoms with van der Waals surface area (Å²) in [6.07, 6.45) is 1.87. The number of aliphatic hydroxyl groups is 1. The minimum Gasteiger partial charge on any atom is -0.390 e. The van der Waals surface area contributed by atoms with E-state index in [0.717, 1.165) is 11.2 Å². The van der Waals surface area contributed by atoms with Gasteiger partial charge in [0.15, 0.2) is 0 Å². The monoisotopic (exact) mass is 198 g/mol. The van der Waals surface area contributed by atoms with Crippen LogP contribution in [0.4, 0.5) is 0 Å². The Balaban J connectivity index is 2.47. The molecule has 0 fully saturated rings. The van der Waals surface area contributed by atoms with Crippen molar-refractivity contribution in [2.75, 3.05) is 0 Å². The molecule has 3 nitrogen and oxygen atoms in total. The third kappa shape index (κ3) is 1.21. The van der Waals surface area contributed by atoms with E-state index in [1.165, 1.54) is 5.39 Å². The first-order valence-corrected chi connectivity index (χ1v) is 4.85. The van der Waals surface area contributed by atoms with Crippen molar-refractivity contribution in [3.05, 3.63) is 48.3 Å². The smallest absolute Gasteiger partial charge is 0.137 e. The van der Waals surface area contributed by atoms with E-state index in [1.807, 2.05) is 40.9 Å². The molecule has 15 heavy (non-hydrogen) atoms. The van der Waals surface area contributed by atoms with Gasteiger partial charge in [0.2, 0.25) is 0 Å². The van der Waals surface area contributed by atoms with Crippen LogP contribution < -0.4 is 0 Å². The fourth-order valence-corrected chi connectivity index (χ4v) is 1.84. The minimum atomic E-state index is -0.0179. The summed E-state index contributed by atoms with van der Waals surface area (Å²) in [5.74, 6) is 0. The Morgan fingerprint density at radius 1 is 1.13 bits per heavy atom. The predicted octanol–water partition coefficient (Wildman–Crippen LogP) is 1.98. The van der Waals surface area contributed by atoms with Crippen molar-refractivity contribution >= 4 is 16.6 Å². The maximum absolute atomic E-state index is 9.03. The summed E-state index contributed by atoms with van der Waals surface area (Å²) >= 11 is 0. The van der Waals surface area contributed by atoms with Crippen molar-refractivity contribution < 1.29 is 5.11 Å². The van der Waals surface area contributed by atoms with Gasteiger partial charge in [-0.2, -0.15) is 0 Å².